The standard InChI is InChI=1S/C32H36N2O4/c1-32-15-14-26-25-11-9-24(37-38-31(36)23-7-5-17-34(3)20-23)18-21(25)8-10-27(26)28(32)12-13-29(32)30(35)22-6-4-16-33(2)19-22/h4-7,9,11,16-20,26-29H,8,10,12-15H2,1-3H3/q+2/t26-,27-,28+,29-,32+/m1/s1. The number of aryl methyl sites for hydroxylation is 3. The van der Waals surface area contributed by atoms with Crippen molar-refractivity contribution in [2.45, 2.75) is 51.4 Å². The fourth-order valence-corrected chi connectivity index (χ4v) is 7.82. The normalized spacial score (nSPS) is 27.6. The molecule has 2 fully saturated rings. The number of nitrogens with zero attached hydrogens (tertiary/aromatic N) is 2. The first-order chi connectivity index (χ1) is 18.3. The summed E-state index contributed by atoms with van der Waals surface area (Å²) in [5, 5.41) is 0. The van der Waals surface area contributed by atoms with Crippen LogP contribution in [0.1, 0.15) is 76.8 Å². The van der Waals surface area contributed by atoms with Gasteiger partial charge >= 0.3 is 5.97 Å². The van der Waals surface area contributed by atoms with Gasteiger partial charge in [-0.1, -0.05) is 13.0 Å². The van der Waals surface area contributed by atoms with Gasteiger partial charge in [0.15, 0.2) is 36.3 Å². The first-order valence-corrected chi connectivity index (χ1v) is 13.8. The Hall–Kier alpha value is -3.54. The highest BCUT2D eigenvalue weighted by Crippen LogP contribution is 2.63. The van der Waals surface area contributed by atoms with Crippen molar-refractivity contribution in [3.8, 4) is 5.75 Å². The van der Waals surface area contributed by atoms with Crippen molar-refractivity contribution in [3.05, 3.63) is 89.5 Å². The molecule has 0 N–H and O–H groups in total. The fraction of sp³-hybridized carbons (Fsp3) is 0.438. The van der Waals surface area contributed by atoms with E-state index in [0.29, 0.717) is 34.8 Å². The van der Waals surface area contributed by atoms with Crippen molar-refractivity contribution >= 4 is 11.8 Å². The van der Waals surface area contributed by atoms with Crippen LogP contribution in [0, 0.1) is 23.2 Å². The zero-order valence-electron chi connectivity index (χ0n) is 22.4. The van der Waals surface area contributed by atoms with Crippen molar-refractivity contribution < 1.29 is 28.5 Å². The number of ketones is 1. The van der Waals surface area contributed by atoms with Crippen LogP contribution in [-0.2, 0) is 25.4 Å². The lowest BCUT2D eigenvalue weighted by Crippen LogP contribution is -2.44. The molecule has 0 amide bonds. The fourth-order valence-electron chi connectivity index (χ4n) is 7.82. The van der Waals surface area contributed by atoms with E-state index in [9.17, 15) is 9.59 Å². The molecule has 2 saturated carbocycles. The molecule has 3 aliphatic rings. The average molecular weight is 513 g/mol. The third-order valence-corrected chi connectivity index (χ3v) is 9.63. The highest BCUT2D eigenvalue weighted by atomic mass is 17.2. The van der Waals surface area contributed by atoms with Crippen LogP contribution in [0.3, 0.4) is 0 Å². The van der Waals surface area contributed by atoms with Crippen molar-refractivity contribution in [2.75, 3.05) is 0 Å². The summed E-state index contributed by atoms with van der Waals surface area (Å²) in [7, 11) is 3.83. The third-order valence-electron chi connectivity index (χ3n) is 9.63. The number of benzene rings is 1. The van der Waals surface area contributed by atoms with Gasteiger partial charge in [0.2, 0.25) is 0 Å². The Morgan fingerprint density at radius 3 is 2.42 bits per heavy atom. The number of pyridine rings is 2. The van der Waals surface area contributed by atoms with E-state index in [1.54, 1.807) is 22.9 Å². The molecular formula is C32H36N2O4+2. The number of carbonyl (C=O) groups is 2. The van der Waals surface area contributed by atoms with Gasteiger partial charge in [0.1, 0.15) is 19.7 Å². The molecule has 0 unspecified atom stereocenters. The van der Waals surface area contributed by atoms with Gasteiger partial charge in [-0.05, 0) is 97.1 Å². The number of hydrogen-bond acceptors (Lipinski definition) is 4. The molecule has 6 nitrogen and oxygen atoms in total. The smallest absolute Gasteiger partial charge is 0.294 e. The largest absolute Gasteiger partial charge is 0.392 e. The maximum absolute atomic E-state index is 13.6. The van der Waals surface area contributed by atoms with Crippen LogP contribution >= 0.6 is 0 Å². The SMILES string of the molecule is C[n+]1cccc(C(=O)OOc2ccc3c(c2)CC[C@@H]2[C@@H]3CC[C@]3(C)[C@@H](C(=O)c4ccc[n+](C)c4)CC[C@@H]23)c1. The number of aromatic nitrogens is 2. The van der Waals surface area contributed by atoms with Crippen LogP contribution in [0.2, 0.25) is 0 Å². The first-order valence-electron chi connectivity index (χ1n) is 13.8. The van der Waals surface area contributed by atoms with Crippen LogP contribution in [0.25, 0.3) is 0 Å². The van der Waals surface area contributed by atoms with E-state index in [1.165, 1.54) is 11.1 Å². The molecule has 3 aliphatic carbocycles. The van der Waals surface area contributed by atoms with Crippen molar-refractivity contribution in [3.63, 3.8) is 0 Å². The first kappa shape index (κ1) is 24.8. The lowest BCUT2D eigenvalue weighted by atomic mass is 9.53. The summed E-state index contributed by atoms with van der Waals surface area (Å²) in [6, 6.07) is 13.6. The van der Waals surface area contributed by atoms with Gasteiger partial charge in [-0.2, -0.15) is 0 Å². The van der Waals surface area contributed by atoms with E-state index in [2.05, 4.69) is 13.0 Å². The molecule has 3 aromatic rings. The minimum atomic E-state index is -0.514. The topological polar surface area (TPSA) is 60.4 Å². The number of fused-ring (bicyclic) bond motifs is 5. The molecule has 196 valence electrons. The molecule has 0 aliphatic heterocycles. The molecule has 5 atom stereocenters. The van der Waals surface area contributed by atoms with Gasteiger partial charge < -0.3 is 0 Å². The minimum absolute atomic E-state index is 0.0650. The molecule has 2 aromatic heterocycles. The molecule has 1 aromatic carbocycles. The molecule has 38 heavy (non-hydrogen) atoms. The zero-order chi connectivity index (χ0) is 26.4. The maximum Gasteiger partial charge on any atom is 0.392 e. The van der Waals surface area contributed by atoms with Crippen LogP contribution < -0.4 is 14.0 Å². The second-order valence-corrected chi connectivity index (χ2v) is 11.8. The number of Topliss-reactive ketones (excluding diaryl/α,β-unsaturated/α-hetero) is 1. The zero-order valence-corrected chi connectivity index (χ0v) is 22.4. The highest BCUT2D eigenvalue weighted by Gasteiger charge is 2.56. The van der Waals surface area contributed by atoms with Crippen LogP contribution in [0.5, 0.6) is 5.75 Å². The summed E-state index contributed by atoms with van der Waals surface area (Å²) >= 11 is 0. The van der Waals surface area contributed by atoms with Crippen LogP contribution in [0.4, 0.5) is 0 Å². The Morgan fingerprint density at radius 2 is 1.66 bits per heavy atom. The molecule has 0 bridgehead atoms. The van der Waals surface area contributed by atoms with E-state index in [1.807, 2.05) is 61.5 Å². The summed E-state index contributed by atoms with van der Waals surface area (Å²) in [6.07, 6.45) is 13.9. The van der Waals surface area contributed by atoms with Gasteiger partial charge in [0, 0.05) is 18.1 Å². The summed E-state index contributed by atoms with van der Waals surface area (Å²) in [5.74, 6) is 2.16. The molecule has 0 radical (unpaired) electrons. The van der Waals surface area contributed by atoms with Crippen molar-refractivity contribution in [1.29, 1.82) is 0 Å². The number of carbonyl (C=O) groups excluding carboxylic acids is 2. The Labute approximate surface area is 224 Å². The Balaban J connectivity index is 1.16. The van der Waals surface area contributed by atoms with E-state index in [0.717, 1.165) is 44.1 Å². The molecule has 6 rings (SSSR count). The van der Waals surface area contributed by atoms with E-state index in [4.69, 9.17) is 9.78 Å². The Bertz CT molecular complexity index is 1400. The monoisotopic (exact) mass is 512 g/mol. The average Bonchev–Trinajstić information content (AvgIpc) is 3.28. The lowest BCUT2D eigenvalue weighted by Gasteiger charge is -2.50. The predicted octanol–water partition coefficient (Wildman–Crippen LogP) is 4.84. The van der Waals surface area contributed by atoms with E-state index in [-0.39, 0.29) is 11.3 Å². The van der Waals surface area contributed by atoms with Gasteiger partial charge in [0.25, 0.3) is 0 Å². The van der Waals surface area contributed by atoms with E-state index >= 15 is 0 Å². The molecule has 6 heteroatoms. The second-order valence-electron chi connectivity index (χ2n) is 11.8. The number of rotatable bonds is 5. The van der Waals surface area contributed by atoms with Crippen molar-refractivity contribution in [2.24, 2.45) is 37.3 Å². The molecule has 0 spiro atoms. The summed E-state index contributed by atoms with van der Waals surface area (Å²) in [4.78, 5) is 36.6. The molecular weight excluding hydrogens is 476 g/mol. The quantitative estimate of drug-likeness (QED) is 0.212. The Kier molecular flexibility index (Phi) is 6.29. The van der Waals surface area contributed by atoms with E-state index < -0.39 is 5.97 Å². The van der Waals surface area contributed by atoms with Crippen LogP contribution in [0.15, 0.2) is 67.3 Å². The molecule has 0 saturated heterocycles. The second kappa shape index (κ2) is 9.64. The Morgan fingerprint density at radius 1 is 0.921 bits per heavy atom. The van der Waals surface area contributed by atoms with Gasteiger partial charge in [0.05, 0.1) is 5.56 Å². The lowest BCUT2D eigenvalue weighted by molar-refractivity contribution is -0.671. The van der Waals surface area contributed by atoms with Gasteiger partial charge in [-0.25, -0.2) is 18.8 Å². The van der Waals surface area contributed by atoms with Gasteiger partial charge in [-0.3, -0.25) is 9.68 Å². The highest BCUT2D eigenvalue weighted by molar-refractivity contribution is 5.98. The third kappa shape index (κ3) is 4.30. The number of hydrogen-bond donors (Lipinski definition) is 0. The van der Waals surface area contributed by atoms with Crippen molar-refractivity contribution in [1.82, 2.24) is 0 Å². The maximum atomic E-state index is 13.6. The predicted molar refractivity (Wildman–Crippen MR) is 140 cm³/mol. The van der Waals surface area contributed by atoms with Crippen LogP contribution in [-0.4, -0.2) is 11.8 Å². The summed E-state index contributed by atoms with van der Waals surface area (Å²) < 4.78 is 3.77. The minimum Gasteiger partial charge on any atom is -0.294 e. The summed E-state index contributed by atoms with van der Waals surface area (Å²) in [6.45, 7) is 2.39. The molecule has 2 heterocycles. The van der Waals surface area contributed by atoms with Gasteiger partial charge in [-0.15, -0.1) is 0 Å². The summed E-state index contributed by atoms with van der Waals surface area (Å²) in [5.41, 5.74) is 4.04.